The number of nitrogens with two attached hydrogens (primary N) is 1. The Morgan fingerprint density at radius 1 is 1.20 bits per heavy atom. The summed E-state index contributed by atoms with van der Waals surface area (Å²) in [6.45, 7) is 9.08. The van der Waals surface area contributed by atoms with Crippen molar-refractivity contribution >= 4 is 21.6 Å². The standard InChI is InChI=1S/C17H27BrN2/c1-12(2)14-5-4-9-20(10-8-14)15-6-7-16(13(3)19)17(18)11-15/h6-7,11-14H,4-5,8-10,19H2,1-3H3/t13-,14?/m1/s1. The van der Waals surface area contributed by atoms with Gasteiger partial charge in [-0.3, -0.25) is 0 Å². The molecule has 3 heteroatoms. The second kappa shape index (κ2) is 6.95. The highest BCUT2D eigenvalue weighted by Gasteiger charge is 2.20. The average Bonchev–Trinajstić information content (AvgIpc) is 2.63. The summed E-state index contributed by atoms with van der Waals surface area (Å²) in [5.41, 5.74) is 8.48. The maximum Gasteiger partial charge on any atom is 0.0377 e. The maximum atomic E-state index is 5.98. The zero-order chi connectivity index (χ0) is 14.7. The summed E-state index contributed by atoms with van der Waals surface area (Å²) >= 11 is 3.66. The van der Waals surface area contributed by atoms with Crippen molar-refractivity contribution in [3.05, 3.63) is 28.2 Å². The summed E-state index contributed by atoms with van der Waals surface area (Å²) in [6, 6.07) is 6.69. The third kappa shape index (κ3) is 3.76. The third-order valence-corrected chi connectivity index (χ3v) is 5.24. The van der Waals surface area contributed by atoms with Gasteiger partial charge in [0, 0.05) is 29.3 Å². The van der Waals surface area contributed by atoms with Crippen molar-refractivity contribution in [1.82, 2.24) is 0 Å². The number of halogens is 1. The van der Waals surface area contributed by atoms with E-state index >= 15 is 0 Å². The fourth-order valence-corrected chi connectivity index (χ4v) is 3.86. The van der Waals surface area contributed by atoms with Crippen molar-refractivity contribution < 1.29 is 0 Å². The van der Waals surface area contributed by atoms with E-state index in [4.69, 9.17) is 5.73 Å². The molecular formula is C17H27BrN2. The first-order chi connectivity index (χ1) is 9.49. The molecule has 1 fully saturated rings. The highest BCUT2D eigenvalue weighted by atomic mass is 79.9. The zero-order valence-corrected chi connectivity index (χ0v) is 14.5. The van der Waals surface area contributed by atoms with Crippen LogP contribution >= 0.6 is 15.9 Å². The quantitative estimate of drug-likeness (QED) is 0.862. The van der Waals surface area contributed by atoms with Gasteiger partial charge in [0.05, 0.1) is 0 Å². The molecule has 1 aliphatic heterocycles. The number of nitrogens with zero attached hydrogens (tertiary/aromatic N) is 1. The van der Waals surface area contributed by atoms with E-state index in [9.17, 15) is 0 Å². The van der Waals surface area contributed by atoms with Gasteiger partial charge in [0.15, 0.2) is 0 Å². The Bertz CT molecular complexity index is 443. The van der Waals surface area contributed by atoms with Crippen molar-refractivity contribution in [3.63, 3.8) is 0 Å². The van der Waals surface area contributed by atoms with Crippen LogP contribution in [0.15, 0.2) is 22.7 Å². The predicted molar refractivity (Wildman–Crippen MR) is 91.1 cm³/mol. The molecule has 1 aliphatic rings. The summed E-state index contributed by atoms with van der Waals surface area (Å²) in [7, 11) is 0. The summed E-state index contributed by atoms with van der Waals surface area (Å²) in [5.74, 6) is 1.69. The fourth-order valence-electron chi connectivity index (χ4n) is 3.13. The lowest BCUT2D eigenvalue weighted by atomic mass is 9.89. The van der Waals surface area contributed by atoms with Crippen LogP contribution in [-0.4, -0.2) is 13.1 Å². The Balaban J connectivity index is 2.10. The highest BCUT2D eigenvalue weighted by molar-refractivity contribution is 9.10. The predicted octanol–water partition coefficient (Wildman–Crippen LogP) is 4.73. The molecule has 0 spiro atoms. The molecule has 0 aromatic heterocycles. The van der Waals surface area contributed by atoms with Crippen LogP contribution in [0, 0.1) is 11.8 Å². The molecule has 2 N–H and O–H groups in total. The van der Waals surface area contributed by atoms with Crippen molar-refractivity contribution in [2.45, 2.75) is 46.1 Å². The lowest BCUT2D eigenvalue weighted by Gasteiger charge is -2.24. The Kier molecular flexibility index (Phi) is 5.50. The molecule has 0 saturated carbocycles. The first-order valence-electron chi connectivity index (χ1n) is 7.79. The Morgan fingerprint density at radius 2 is 1.95 bits per heavy atom. The normalized spacial score (nSPS) is 21.9. The van der Waals surface area contributed by atoms with E-state index in [1.54, 1.807) is 0 Å². The molecule has 0 radical (unpaired) electrons. The molecule has 2 rings (SSSR count). The molecule has 1 heterocycles. The molecule has 2 atom stereocenters. The Labute approximate surface area is 131 Å². The van der Waals surface area contributed by atoms with E-state index in [2.05, 4.69) is 52.9 Å². The van der Waals surface area contributed by atoms with E-state index in [1.165, 1.54) is 43.6 Å². The molecule has 2 nitrogen and oxygen atoms in total. The molecule has 1 saturated heterocycles. The lowest BCUT2D eigenvalue weighted by molar-refractivity contribution is 0.351. The number of anilines is 1. The van der Waals surface area contributed by atoms with Gasteiger partial charge in [0.1, 0.15) is 0 Å². The van der Waals surface area contributed by atoms with Gasteiger partial charge in [-0.25, -0.2) is 0 Å². The minimum absolute atomic E-state index is 0.0767. The topological polar surface area (TPSA) is 29.3 Å². The molecule has 0 bridgehead atoms. The van der Waals surface area contributed by atoms with Crippen molar-refractivity contribution in [2.75, 3.05) is 18.0 Å². The van der Waals surface area contributed by atoms with Crippen LogP contribution in [0.2, 0.25) is 0 Å². The van der Waals surface area contributed by atoms with E-state index in [0.717, 1.165) is 16.3 Å². The minimum atomic E-state index is 0.0767. The summed E-state index contributed by atoms with van der Waals surface area (Å²) in [4.78, 5) is 2.53. The molecule has 1 unspecified atom stereocenters. The maximum absolute atomic E-state index is 5.98. The Hall–Kier alpha value is -0.540. The van der Waals surface area contributed by atoms with Crippen molar-refractivity contribution in [1.29, 1.82) is 0 Å². The van der Waals surface area contributed by atoms with Crippen molar-refractivity contribution in [3.8, 4) is 0 Å². The molecule has 1 aromatic rings. The van der Waals surface area contributed by atoms with E-state index in [-0.39, 0.29) is 6.04 Å². The van der Waals surface area contributed by atoms with Crippen LogP contribution in [0.3, 0.4) is 0 Å². The van der Waals surface area contributed by atoms with E-state index in [1.807, 2.05) is 6.92 Å². The van der Waals surface area contributed by atoms with Crippen LogP contribution < -0.4 is 10.6 Å². The van der Waals surface area contributed by atoms with Gasteiger partial charge in [-0.05, 0) is 55.7 Å². The van der Waals surface area contributed by atoms with Crippen LogP contribution in [0.5, 0.6) is 0 Å². The van der Waals surface area contributed by atoms with E-state index in [0.29, 0.717) is 0 Å². The van der Waals surface area contributed by atoms with Crippen molar-refractivity contribution in [2.24, 2.45) is 17.6 Å². The van der Waals surface area contributed by atoms with Crippen LogP contribution in [0.25, 0.3) is 0 Å². The second-order valence-corrected chi connectivity index (χ2v) is 7.27. The largest absolute Gasteiger partial charge is 0.371 e. The monoisotopic (exact) mass is 338 g/mol. The molecule has 1 aromatic carbocycles. The zero-order valence-electron chi connectivity index (χ0n) is 12.9. The van der Waals surface area contributed by atoms with Crippen LogP contribution in [0.1, 0.15) is 51.6 Å². The molecule has 0 amide bonds. The van der Waals surface area contributed by atoms with E-state index < -0.39 is 0 Å². The SMILES string of the molecule is CC(C)C1CCCN(c2ccc([C@@H](C)N)c(Br)c2)CC1. The fraction of sp³-hybridized carbons (Fsp3) is 0.647. The van der Waals surface area contributed by atoms with Gasteiger partial charge in [-0.1, -0.05) is 35.8 Å². The minimum Gasteiger partial charge on any atom is -0.371 e. The lowest BCUT2D eigenvalue weighted by Crippen LogP contribution is -2.24. The summed E-state index contributed by atoms with van der Waals surface area (Å²) in [6.07, 6.45) is 3.98. The summed E-state index contributed by atoms with van der Waals surface area (Å²) in [5, 5.41) is 0. The summed E-state index contributed by atoms with van der Waals surface area (Å²) < 4.78 is 1.13. The van der Waals surface area contributed by atoms with Gasteiger partial charge in [0.25, 0.3) is 0 Å². The molecule has 112 valence electrons. The average molecular weight is 339 g/mol. The number of hydrogen-bond donors (Lipinski definition) is 1. The molecular weight excluding hydrogens is 312 g/mol. The molecule has 0 aliphatic carbocycles. The van der Waals surface area contributed by atoms with Crippen LogP contribution in [0.4, 0.5) is 5.69 Å². The van der Waals surface area contributed by atoms with Gasteiger partial charge in [0.2, 0.25) is 0 Å². The smallest absolute Gasteiger partial charge is 0.0377 e. The number of benzene rings is 1. The number of hydrogen-bond acceptors (Lipinski definition) is 2. The highest BCUT2D eigenvalue weighted by Crippen LogP contribution is 2.31. The molecule has 20 heavy (non-hydrogen) atoms. The van der Waals surface area contributed by atoms with Gasteiger partial charge < -0.3 is 10.6 Å². The first kappa shape index (κ1) is 15.8. The van der Waals surface area contributed by atoms with Gasteiger partial charge in [-0.15, -0.1) is 0 Å². The van der Waals surface area contributed by atoms with Crippen LogP contribution in [-0.2, 0) is 0 Å². The van der Waals surface area contributed by atoms with Gasteiger partial charge >= 0.3 is 0 Å². The van der Waals surface area contributed by atoms with Gasteiger partial charge in [-0.2, -0.15) is 0 Å². The third-order valence-electron chi connectivity index (χ3n) is 4.56. The second-order valence-electron chi connectivity index (χ2n) is 6.42. The first-order valence-corrected chi connectivity index (χ1v) is 8.58. The number of rotatable bonds is 3. The Morgan fingerprint density at radius 3 is 2.55 bits per heavy atom.